The van der Waals surface area contributed by atoms with Crippen molar-refractivity contribution in [1.82, 2.24) is 15.2 Å². The van der Waals surface area contributed by atoms with Gasteiger partial charge in [0, 0.05) is 25.6 Å². The Morgan fingerprint density at radius 2 is 2.56 bits per heavy atom. The van der Waals surface area contributed by atoms with Gasteiger partial charge in [0.2, 0.25) is 11.9 Å². The number of amides is 1. The number of H-pyrrole nitrogens is 1. The van der Waals surface area contributed by atoms with Gasteiger partial charge in [-0.25, -0.2) is 5.10 Å². The summed E-state index contributed by atoms with van der Waals surface area (Å²) in [5.74, 6) is 1.42. The van der Waals surface area contributed by atoms with Gasteiger partial charge >= 0.3 is 0 Å². The third-order valence-electron chi connectivity index (χ3n) is 2.39. The van der Waals surface area contributed by atoms with Gasteiger partial charge in [0.1, 0.15) is 6.33 Å². The van der Waals surface area contributed by atoms with Gasteiger partial charge in [-0.1, -0.05) is 11.8 Å². The predicted octanol–water partition coefficient (Wildman–Crippen LogP) is 0.437. The predicted molar refractivity (Wildman–Crippen MR) is 60.0 cm³/mol. The molecule has 1 N–H and O–H groups in total. The minimum Gasteiger partial charge on any atom is -0.288 e. The van der Waals surface area contributed by atoms with E-state index >= 15 is 0 Å². The molecule has 0 bridgehead atoms. The SMILES string of the molecule is CC(=O)SCC1CC(=O)N(c2ncn[nH]2)C1. The number of hydrogen-bond acceptors (Lipinski definition) is 5. The molecule has 0 saturated carbocycles. The summed E-state index contributed by atoms with van der Waals surface area (Å²) in [6.07, 6.45) is 1.85. The number of carbonyl (C=O) groups is 2. The number of anilines is 1. The van der Waals surface area contributed by atoms with Crippen molar-refractivity contribution in [1.29, 1.82) is 0 Å². The van der Waals surface area contributed by atoms with E-state index in [-0.39, 0.29) is 16.9 Å². The molecule has 2 rings (SSSR count). The molecule has 1 amide bonds. The maximum absolute atomic E-state index is 11.7. The molecule has 0 aliphatic carbocycles. The number of nitrogens with zero attached hydrogens (tertiary/aromatic N) is 3. The second-order valence-electron chi connectivity index (χ2n) is 3.69. The first kappa shape index (κ1) is 11.1. The van der Waals surface area contributed by atoms with Crippen LogP contribution in [-0.4, -0.2) is 38.5 Å². The van der Waals surface area contributed by atoms with Crippen molar-refractivity contribution in [3.63, 3.8) is 0 Å². The van der Waals surface area contributed by atoms with Crippen LogP contribution in [0.3, 0.4) is 0 Å². The maximum Gasteiger partial charge on any atom is 0.229 e. The summed E-state index contributed by atoms with van der Waals surface area (Å²) < 4.78 is 0. The summed E-state index contributed by atoms with van der Waals surface area (Å²) in [6.45, 7) is 2.14. The number of aromatic amines is 1. The molecule has 1 aliphatic heterocycles. The maximum atomic E-state index is 11.7. The molecule has 16 heavy (non-hydrogen) atoms. The van der Waals surface area contributed by atoms with Gasteiger partial charge < -0.3 is 0 Å². The topological polar surface area (TPSA) is 79.0 Å². The Labute approximate surface area is 96.8 Å². The molecule has 86 valence electrons. The van der Waals surface area contributed by atoms with E-state index in [1.807, 2.05) is 0 Å². The standard InChI is InChI=1S/C9H12N4O2S/c1-6(14)16-4-7-2-8(15)13(3-7)9-10-5-11-12-9/h5,7H,2-4H2,1H3,(H,10,11,12). The number of aromatic nitrogens is 3. The highest BCUT2D eigenvalue weighted by molar-refractivity contribution is 8.13. The minimum atomic E-state index is 0.0332. The van der Waals surface area contributed by atoms with Crippen LogP contribution in [-0.2, 0) is 9.59 Å². The largest absolute Gasteiger partial charge is 0.288 e. The lowest BCUT2D eigenvalue weighted by Crippen LogP contribution is -2.25. The zero-order valence-electron chi connectivity index (χ0n) is 8.84. The fourth-order valence-corrected chi connectivity index (χ4v) is 2.36. The number of hydrogen-bond donors (Lipinski definition) is 1. The molecule has 1 aromatic heterocycles. The van der Waals surface area contributed by atoms with E-state index in [0.717, 1.165) is 0 Å². The quantitative estimate of drug-likeness (QED) is 0.829. The lowest BCUT2D eigenvalue weighted by atomic mass is 10.1. The lowest BCUT2D eigenvalue weighted by Gasteiger charge is -2.11. The smallest absolute Gasteiger partial charge is 0.229 e. The molecule has 1 unspecified atom stereocenters. The molecular formula is C9H12N4O2S. The Morgan fingerprint density at radius 1 is 1.75 bits per heavy atom. The Bertz CT molecular complexity index is 392. The molecule has 1 aliphatic rings. The van der Waals surface area contributed by atoms with E-state index in [2.05, 4.69) is 15.2 Å². The van der Waals surface area contributed by atoms with E-state index in [4.69, 9.17) is 0 Å². The normalized spacial score (nSPS) is 20.4. The average molecular weight is 240 g/mol. The third kappa shape index (κ3) is 2.41. The lowest BCUT2D eigenvalue weighted by molar-refractivity contribution is -0.117. The fourth-order valence-electron chi connectivity index (χ4n) is 1.66. The molecule has 1 saturated heterocycles. The minimum absolute atomic E-state index is 0.0332. The summed E-state index contributed by atoms with van der Waals surface area (Å²) >= 11 is 1.27. The zero-order valence-corrected chi connectivity index (χ0v) is 9.66. The Hall–Kier alpha value is -1.37. The first-order valence-electron chi connectivity index (χ1n) is 4.96. The van der Waals surface area contributed by atoms with Gasteiger partial charge in [0.05, 0.1) is 0 Å². The van der Waals surface area contributed by atoms with Crippen molar-refractivity contribution < 1.29 is 9.59 Å². The van der Waals surface area contributed by atoms with Crippen LogP contribution in [0.4, 0.5) is 5.95 Å². The van der Waals surface area contributed by atoms with Gasteiger partial charge in [0.15, 0.2) is 5.12 Å². The first-order valence-corrected chi connectivity index (χ1v) is 5.94. The van der Waals surface area contributed by atoms with Crippen LogP contribution in [0.5, 0.6) is 0 Å². The first-order chi connectivity index (χ1) is 7.66. The van der Waals surface area contributed by atoms with Gasteiger partial charge in [-0.15, -0.1) is 0 Å². The highest BCUT2D eigenvalue weighted by atomic mass is 32.2. The van der Waals surface area contributed by atoms with Crippen LogP contribution in [0, 0.1) is 5.92 Å². The van der Waals surface area contributed by atoms with E-state index in [1.165, 1.54) is 25.0 Å². The Balaban J connectivity index is 1.94. The van der Waals surface area contributed by atoms with Gasteiger partial charge in [0.25, 0.3) is 0 Å². The monoisotopic (exact) mass is 240 g/mol. The molecular weight excluding hydrogens is 228 g/mol. The van der Waals surface area contributed by atoms with Crippen LogP contribution < -0.4 is 4.90 Å². The number of thioether (sulfide) groups is 1. The molecule has 7 heteroatoms. The molecule has 2 heterocycles. The van der Waals surface area contributed by atoms with Crippen molar-refractivity contribution in [2.75, 3.05) is 17.2 Å². The Morgan fingerprint density at radius 3 is 3.19 bits per heavy atom. The fraction of sp³-hybridized carbons (Fsp3) is 0.556. The van der Waals surface area contributed by atoms with Crippen molar-refractivity contribution in [2.45, 2.75) is 13.3 Å². The van der Waals surface area contributed by atoms with E-state index in [0.29, 0.717) is 24.7 Å². The van der Waals surface area contributed by atoms with Crippen molar-refractivity contribution in [2.24, 2.45) is 5.92 Å². The highest BCUT2D eigenvalue weighted by Gasteiger charge is 2.32. The molecule has 6 nitrogen and oxygen atoms in total. The Kier molecular flexibility index (Phi) is 3.23. The van der Waals surface area contributed by atoms with Crippen LogP contribution in [0.2, 0.25) is 0 Å². The molecule has 0 aromatic carbocycles. The second kappa shape index (κ2) is 4.65. The van der Waals surface area contributed by atoms with Crippen molar-refractivity contribution >= 4 is 28.7 Å². The molecule has 1 fully saturated rings. The third-order valence-corrected chi connectivity index (χ3v) is 3.43. The average Bonchev–Trinajstić information content (AvgIpc) is 2.83. The highest BCUT2D eigenvalue weighted by Crippen LogP contribution is 2.24. The van der Waals surface area contributed by atoms with E-state index in [9.17, 15) is 9.59 Å². The number of nitrogens with one attached hydrogen (secondary N) is 1. The van der Waals surface area contributed by atoms with Crippen LogP contribution in [0.25, 0.3) is 0 Å². The van der Waals surface area contributed by atoms with E-state index in [1.54, 1.807) is 4.90 Å². The van der Waals surface area contributed by atoms with Crippen molar-refractivity contribution in [3.8, 4) is 0 Å². The van der Waals surface area contributed by atoms with Gasteiger partial charge in [-0.3, -0.25) is 14.5 Å². The van der Waals surface area contributed by atoms with Crippen LogP contribution in [0.15, 0.2) is 6.33 Å². The summed E-state index contributed by atoms with van der Waals surface area (Å²) in [5, 5.41) is 6.46. The molecule has 1 aromatic rings. The summed E-state index contributed by atoms with van der Waals surface area (Å²) in [6, 6.07) is 0. The van der Waals surface area contributed by atoms with E-state index < -0.39 is 0 Å². The molecule has 0 radical (unpaired) electrons. The number of rotatable bonds is 3. The molecule has 1 atom stereocenters. The van der Waals surface area contributed by atoms with Gasteiger partial charge in [-0.2, -0.15) is 10.1 Å². The summed E-state index contributed by atoms with van der Waals surface area (Å²) in [4.78, 5) is 28.0. The van der Waals surface area contributed by atoms with Crippen LogP contribution in [0.1, 0.15) is 13.3 Å². The number of carbonyl (C=O) groups excluding carboxylic acids is 2. The zero-order chi connectivity index (χ0) is 11.5. The summed E-state index contributed by atoms with van der Waals surface area (Å²) in [7, 11) is 0. The summed E-state index contributed by atoms with van der Waals surface area (Å²) in [5.41, 5.74) is 0. The van der Waals surface area contributed by atoms with Gasteiger partial charge in [-0.05, 0) is 5.92 Å². The second-order valence-corrected chi connectivity index (χ2v) is 4.88. The van der Waals surface area contributed by atoms with Crippen molar-refractivity contribution in [3.05, 3.63) is 6.33 Å². The molecule has 0 spiro atoms. The van der Waals surface area contributed by atoms with Crippen LogP contribution >= 0.6 is 11.8 Å².